The zero-order valence-electron chi connectivity index (χ0n) is 12.6. The highest BCUT2D eigenvalue weighted by Gasteiger charge is 2.43. The third-order valence-electron chi connectivity index (χ3n) is 4.06. The fourth-order valence-corrected chi connectivity index (χ4v) is 2.93. The Bertz CT molecular complexity index is 601. The van der Waals surface area contributed by atoms with Crippen molar-refractivity contribution in [3.05, 3.63) is 30.1 Å². The third kappa shape index (κ3) is 3.86. The van der Waals surface area contributed by atoms with Crippen molar-refractivity contribution >= 4 is 17.5 Å². The Balaban J connectivity index is 1.45. The molecule has 0 unspecified atom stereocenters. The summed E-state index contributed by atoms with van der Waals surface area (Å²) in [6.07, 6.45) is 3.65. The molecule has 2 N–H and O–H groups in total. The topological polar surface area (TPSA) is 76.7 Å². The van der Waals surface area contributed by atoms with Gasteiger partial charge in [-0.1, -0.05) is 6.07 Å². The highest BCUT2D eigenvalue weighted by Crippen LogP contribution is 2.38. The summed E-state index contributed by atoms with van der Waals surface area (Å²) in [5, 5.41) is 4.86. The van der Waals surface area contributed by atoms with Gasteiger partial charge >= 0.3 is 11.8 Å². The molecule has 2 fully saturated rings. The zero-order chi connectivity index (χ0) is 16.3. The van der Waals surface area contributed by atoms with Crippen LogP contribution in [0.3, 0.4) is 0 Å². The Kier molecular flexibility index (Phi) is 4.58. The van der Waals surface area contributed by atoms with Crippen molar-refractivity contribution in [2.45, 2.75) is 37.6 Å². The highest BCUT2D eigenvalue weighted by atomic mass is 19.1. The predicted molar refractivity (Wildman–Crippen MR) is 80.1 cm³/mol. The van der Waals surface area contributed by atoms with Gasteiger partial charge in [0.2, 0.25) is 0 Å². The van der Waals surface area contributed by atoms with E-state index in [1.807, 2.05) is 0 Å². The predicted octanol–water partition coefficient (Wildman–Crippen LogP) is 1.57. The SMILES string of the molecule is O=C(NC[C@@H]1COC2(CCCC2)O1)C(=O)Nc1cccc(F)c1. The summed E-state index contributed by atoms with van der Waals surface area (Å²) in [4.78, 5) is 23.5. The molecule has 1 heterocycles. The van der Waals surface area contributed by atoms with Crippen LogP contribution in [0, 0.1) is 5.82 Å². The Morgan fingerprint density at radius 2 is 2.04 bits per heavy atom. The van der Waals surface area contributed by atoms with Crippen molar-refractivity contribution in [3.8, 4) is 0 Å². The van der Waals surface area contributed by atoms with Gasteiger partial charge in [0.1, 0.15) is 11.9 Å². The van der Waals surface area contributed by atoms with Crippen molar-refractivity contribution in [3.63, 3.8) is 0 Å². The molecule has 1 aliphatic carbocycles. The fourth-order valence-electron chi connectivity index (χ4n) is 2.93. The molecule has 1 aromatic rings. The summed E-state index contributed by atoms with van der Waals surface area (Å²) >= 11 is 0. The number of anilines is 1. The maximum Gasteiger partial charge on any atom is 0.313 e. The molecule has 124 valence electrons. The second-order valence-electron chi connectivity index (χ2n) is 5.84. The first-order chi connectivity index (χ1) is 11.1. The third-order valence-corrected chi connectivity index (χ3v) is 4.06. The van der Waals surface area contributed by atoms with Gasteiger partial charge in [-0.25, -0.2) is 4.39 Å². The molecule has 3 rings (SSSR count). The minimum Gasteiger partial charge on any atom is -0.347 e. The summed E-state index contributed by atoms with van der Waals surface area (Å²) in [5.74, 6) is -2.60. The van der Waals surface area contributed by atoms with Gasteiger partial charge in [0.05, 0.1) is 6.61 Å². The van der Waals surface area contributed by atoms with Crippen LogP contribution >= 0.6 is 0 Å². The van der Waals surface area contributed by atoms with E-state index in [1.54, 1.807) is 0 Å². The quantitative estimate of drug-likeness (QED) is 0.828. The van der Waals surface area contributed by atoms with E-state index < -0.39 is 23.4 Å². The van der Waals surface area contributed by atoms with E-state index in [-0.39, 0.29) is 18.3 Å². The number of amides is 2. The van der Waals surface area contributed by atoms with Crippen molar-refractivity contribution in [2.75, 3.05) is 18.5 Å². The van der Waals surface area contributed by atoms with Crippen molar-refractivity contribution < 1.29 is 23.5 Å². The Hall–Kier alpha value is -1.99. The average molecular weight is 322 g/mol. The molecule has 23 heavy (non-hydrogen) atoms. The molecule has 1 aliphatic heterocycles. The second kappa shape index (κ2) is 6.64. The first-order valence-corrected chi connectivity index (χ1v) is 7.73. The smallest absolute Gasteiger partial charge is 0.313 e. The van der Waals surface area contributed by atoms with Gasteiger partial charge in [0.15, 0.2) is 5.79 Å². The Morgan fingerprint density at radius 3 is 2.78 bits per heavy atom. The van der Waals surface area contributed by atoms with Gasteiger partial charge in [-0.15, -0.1) is 0 Å². The largest absolute Gasteiger partial charge is 0.347 e. The van der Waals surface area contributed by atoms with Gasteiger partial charge in [0.25, 0.3) is 0 Å². The van der Waals surface area contributed by atoms with Crippen LogP contribution in [0.25, 0.3) is 0 Å². The summed E-state index contributed by atoms with van der Waals surface area (Å²) in [5.41, 5.74) is 0.232. The molecule has 1 saturated carbocycles. The monoisotopic (exact) mass is 322 g/mol. The van der Waals surface area contributed by atoms with E-state index in [0.29, 0.717) is 6.61 Å². The number of carbonyl (C=O) groups is 2. The van der Waals surface area contributed by atoms with Gasteiger partial charge in [-0.05, 0) is 31.0 Å². The maximum atomic E-state index is 13.0. The second-order valence-corrected chi connectivity index (χ2v) is 5.84. The lowest BCUT2D eigenvalue weighted by molar-refractivity contribution is -0.161. The fraction of sp³-hybridized carbons (Fsp3) is 0.500. The van der Waals surface area contributed by atoms with Crippen LogP contribution in [0.5, 0.6) is 0 Å². The Morgan fingerprint density at radius 1 is 1.26 bits per heavy atom. The molecule has 1 atom stereocenters. The number of hydrogen-bond acceptors (Lipinski definition) is 4. The average Bonchev–Trinajstić information content (AvgIpc) is 3.15. The number of benzene rings is 1. The van der Waals surface area contributed by atoms with Crippen LogP contribution in [0.4, 0.5) is 10.1 Å². The van der Waals surface area contributed by atoms with Crippen molar-refractivity contribution in [1.82, 2.24) is 5.32 Å². The van der Waals surface area contributed by atoms with E-state index in [1.165, 1.54) is 18.2 Å². The normalized spacial score (nSPS) is 22.2. The number of hydrogen-bond donors (Lipinski definition) is 2. The number of halogens is 1. The summed E-state index contributed by atoms with van der Waals surface area (Å²) in [6.45, 7) is 0.614. The number of rotatable bonds is 3. The molecule has 2 aliphatic rings. The maximum absolute atomic E-state index is 13.0. The van der Waals surface area contributed by atoms with Crippen LogP contribution in [0.1, 0.15) is 25.7 Å². The molecule has 7 heteroatoms. The van der Waals surface area contributed by atoms with E-state index in [0.717, 1.165) is 31.7 Å². The van der Waals surface area contributed by atoms with E-state index >= 15 is 0 Å². The molecule has 0 radical (unpaired) electrons. The van der Waals surface area contributed by atoms with Gasteiger partial charge in [-0.3, -0.25) is 9.59 Å². The minimum atomic E-state index is -0.843. The van der Waals surface area contributed by atoms with Gasteiger partial charge in [0, 0.05) is 25.1 Å². The lowest BCUT2D eigenvalue weighted by atomic mass is 10.2. The Labute approximate surface area is 133 Å². The summed E-state index contributed by atoms with van der Waals surface area (Å²) < 4.78 is 24.6. The molecule has 1 spiro atoms. The van der Waals surface area contributed by atoms with Crippen LogP contribution < -0.4 is 10.6 Å². The first kappa shape index (κ1) is 15.9. The lowest BCUT2D eigenvalue weighted by Crippen LogP contribution is -2.40. The molecule has 1 saturated heterocycles. The molecule has 0 aromatic heterocycles. The number of carbonyl (C=O) groups excluding carboxylic acids is 2. The highest BCUT2D eigenvalue weighted by molar-refractivity contribution is 6.39. The van der Waals surface area contributed by atoms with Crippen LogP contribution in [0.15, 0.2) is 24.3 Å². The van der Waals surface area contributed by atoms with Crippen molar-refractivity contribution in [2.24, 2.45) is 0 Å². The van der Waals surface area contributed by atoms with E-state index in [2.05, 4.69) is 10.6 Å². The van der Waals surface area contributed by atoms with Crippen molar-refractivity contribution in [1.29, 1.82) is 0 Å². The molecular formula is C16H19FN2O4. The molecule has 2 amide bonds. The lowest BCUT2D eigenvalue weighted by Gasteiger charge is -2.21. The van der Waals surface area contributed by atoms with Crippen LogP contribution in [-0.2, 0) is 19.1 Å². The first-order valence-electron chi connectivity index (χ1n) is 7.73. The van der Waals surface area contributed by atoms with E-state index in [9.17, 15) is 14.0 Å². The number of ether oxygens (including phenoxy) is 2. The summed E-state index contributed by atoms with van der Waals surface area (Å²) in [7, 11) is 0. The molecular weight excluding hydrogens is 303 g/mol. The van der Waals surface area contributed by atoms with Crippen LogP contribution in [-0.4, -0.2) is 36.9 Å². The standard InChI is InChI=1S/C16H19FN2O4/c17-11-4-3-5-12(8-11)19-15(21)14(20)18-9-13-10-22-16(23-13)6-1-2-7-16/h3-5,8,13H,1-2,6-7,9-10H2,(H,18,20)(H,19,21)/t13-/m1/s1. The molecule has 1 aromatic carbocycles. The zero-order valence-corrected chi connectivity index (χ0v) is 12.6. The molecule has 6 nitrogen and oxygen atoms in total. The summed E-state index contributed by atoms with van der Waals surface area (Å²) in [6, 6.07) is 5.36. The molecule has 0 bridgehead atoms. The number of nitrogens with one attached hydrogen (secondary N) is 2. The van der Waals surface area contributed by atoms with E-state index in [4.69, 9.17) is 9.47 Å². The van der Waals surface area contributed by atoms with Gasteiger partial charge in [-0.2, -0.15) is 0 Å². The van der Waals surface area contributed by atoms with Crippen LogP contribution in [0.2, 0.25) is 0 Å². The van der Waals surface area contributed by atoms with Gasteiger partial charge < -0.3 is 20.1 Å². The minimum absolute atomic E-state index is 0.206.